The molecule has 0 atom stereocenters. The van der Waals surface area contributed by atoms with Crippen molar-refractivity contribution < 1.29 is 0 Å². The van der Waals surface area contributed by atoms with Gasteiger partial charge in [-0.1, -0.05) is 89.5 Å². The van der Waals surface area contributed by atoms with Gasteiger partial charge in [-0.05, 0) is 98.3 Å². The Labute approximate surface area is 221 Å². The average Bonchev–Trinajstić information content (AvgIpc) is 2.90. The number of benzene rings is 2. The van der Waals surface area contributed by atoms with Gasteiger partial charge in [-0.2, -0.15) is 0 Å². The molecule has 2 saturated carbocycles. The van der Waals surface area contributed by atoms with Gasteiger partial charge in [0.05, 0.1) is 0 Å². The first-order valence-electron chi connectivity index (χ1n) is 15.4. The maximum atomic E-state index is 6.63. The Morgan fingerprint density at radius 1 is 0.556 bits per heavy atom. The molecule has 0 bridgehead atoms. The summed E-state index contributed by atoms with van der Waals surface area (Å²) < 4.78 is 0. The van der Waals surface area contributed by atoms with E-state index in [2.05, 4.69) is 50.2 Å². The highest BCUT2D eigenvalue weighted by atomic mass is 14.6. The van der Waals surface area contributed by atoms with Gasteiger partial charge in [0.2, 0.25) is 0 Å². The van der Waals surface area contributed by atoms with Crippen molar-refractivity contribution in [2.24, 2.45) is 11.8 Å². The Morgan fingerprint density at radius 2 is 0.944 bits per heavy atom. The number of nitrogen functional groups attached to an aromatic ring is 2. The molecular weight excluding hydrogens is 436 g/mol. The lowest BCUT2D eigenvalue weighted by Gasteiger charge is -2.29. The van der Waals surface area contributed by atoms with Gasteiger partial charge in [0.25, 0.3) is 0 Å². The van der Waals surface area contributed by atoms with Crippen LogP contribution in [0.15, 0.2) is 36.4 Å². The van der Waals surface area contributed by atoms with Crippen molar-refractivity contribution in [2.75, 3.05) is 11.5 Å². The van der Waals surface area contributed by atoms with Crippen LogP contribution in [0.1, 0.15) is 140 Å². The molecule has 0 amide bonds. The molecular formula is C34H52N2. The summed E-state index contributed by atoms with van der Waals surface area (Å²) in [5, 5.41) is 0. The molecule has 0 heterocycles. The van der Waals surface area contributed by atoms with Crippen molar-refractivity contribution in [1.82, 2.24) is 0 Å². The van der Waals surface area contributed by atoms with Crippen molar-refractivity contribution in [3.05, 3.63) is 47.5 Å². The first-order chi connectivity index (χ1) is 17.6. The molecule has 4 rings (SSSR count). The zero-order valence-electron chi connectivity index (χ0n) is 23.2. The predicted molar refractivity (Wildman–Crippen MR) is 158 cm³/mol. The van der Waals surface area contributed by atoms with Gasteiger partial charge in [-0.3, -0.25) is 0 Å². The van der Waals surface area contributed by atoms with E-state index >= 15 is 0 Å². The average molecular weight is 489 g/mol. The van der Waals surface area contributed by atoms with Gasteiger partial charge < -0.3 is 11.5 Å². The summed E-state index contributed by atoms with van der Waals surface area (Å²) in [5.74, 6) is 3.22. The molecule has 2 aromatic rings. The molecule has 0 unspecified atom stereocenters. The number of hydrogen-bond acceptors (Lipinski definition) is 2. The molecule has 2 heteroatoms. The molecule has 198 valence electrons. The summed E-state index contributed by atoms with van der Waals surface area (Å²) in [7, 11) is 0. The van der Waals surface area contributed by atoms with Crippen LogP contribution in [-0.2, 0) is 0 Å². The Bertz CT molecular complexity index is 855. The monoisotopic (exact) mass is 488 g/mol. The Balaban J connectivity index is 1.34. The second kappa shape index (κ2) is 13.5. The van der Waals surface area contributed by atoms with Gasteiger partial charge in [-0.25, -0.2) is 0 Å². The minimum Gasteiger partial charge on any atom is -0.398 e. The van der Waals surface area contributed by atoms with E-state index in [1.54, 1.807) is 0 Å². The maximum Gasteiger partial charge on any atom is 0.0397 e. The Kier molecular flexibility index (Phi) is 10.2. The van der Waals surface area contributed by atoms with Crippen molar-refractivity contribution in [2.45, 2.75) is 128 Å². The maximum absolute atomic E-state index is 6.63. The largest absolute Gasteiger partial charge is 0.398 e. The minimum atomic E-state index is 0.667. The van der Waals surface area contributed by atoms with Gasteiger partial charge in [-0.15, -0.1) is 0 Å². The van der Waals surface area contributed by atoms with E-state index in [1.807, 2.05) is 0 Å². The van der Waals surface area contributed by atoms with Crippen molar-refractivity contribution in [1.29, 1.82) is 0 Å². The molecule has 4 N–H and O–H groups in total. The van der Waals surface area contributed by atoms with Crippen LogP contribution in [-0.4, -0.2) is 0 Å². The molecule has 0 aliphatic heterocycles. The van der Waals surface area contributed by atoms with Crippen molar-refractivity contribution >= 4 is 11.4 Å². The summed E-state index contributed by atoms with van der Waals surface area (Å²) in [6.45, 7) is 4.60. The lowest BCUT2D eigenvalue weighted by atomic mass is 9.76. The van der Waals surface area contributed by atoms with Crippen LogP contribution >= 0.6 is 0 Å². The van der Waals surface area contributed by atoms with E-state index in [4.69, 9.17) is 11.5 Å². The smallest absolute Gasteiger partial charge is 0.0397 e. The normalized spacial score (nSPS) is 24.6. The molecule has 0 aromatic heterocycles. The van der Waals surface area contributed by atoms with Crippen LogP contribution < -0.4 is 11.5 Å². The quantitative estimate of drug-likeness (QED) is 0.244. The summed E-state index contributed by atoms with van der Waals surface area (Å²) in [6, 6.07) is 13.6. The first-order valence-corrected chi connectivity index (χ1v) is 15.4. The Hall–Kier alpha value is -1.96. The van der Waals surface area contributed by atoms with Gasteiger partial charge in [0.15, 0.2) is 0 Å². The number of rotatable bonds is 11. The van der Waals surface area contributed by atoms with Crippen molar-refractivity contribution in [3.63, 3.8) is 0 Å². The standard InChI is InChI=1S/C34H52N2/c1-3-5-7-9-25-11-15-27(16-12-25)29-19-21-31(33(35)23-29)32-22-20-30(24-34(32)36)28-17-13-26(14-18-28)10-8-6-4-2/h19-28H,3-18,35-36H2,1-2H3/t25-,26-,27-,28-. The minimum absolute atomic E-state index is 0.667. The van der Waals surface area contributed by atoms with Gasteiger partial charge >= 0.3 is 0 Å². The molecule has 0 radical (unpaired) electrons. The third-order valence-electron chi connectivity index (χ3n) is 9.51. The lowest BCUT2D eigenvalue weighted by Crippen LogP contribution is -2.14. The summed E-state index contributed by atoms with van der Waals surface area (Å²) in [5.41, 5.74) is 20.1. The van der Waals surface area contributed by atoms with Crippen LogP contribution in [0.25, 0.3) is 11.1 Å². The predicted octanol–water partition coefficient (Wildman–Crippen LogP) is 10.2. The molecule has 2 aliphatic carbocycles. The third kappa shape index (κ3) is 7.08. The van der Waals surface area contributed by atoms with Crippen LogP contribution in [0.2, 0.25) is 0 Å². The number of hydrogen-bond donors (Lipinski definition) is 2. The first kappa shape index (κ1) is 27.1. The molecule has 2 aromatic carbocycles. The molecule has 2 aliphatic rings. The second-order valence-corrected chi connectivity index (χ2v) is 12.1. The lowest BCUT2D eigenvalue weighted by molar-refractivity contribution is 0.303. The molecule has 0 saturated heterocycles. The van der Waals surface area contributed by atoms with Gasteiger partial charge in [0.1, 0.15) is 0 Å². The zero-order valence-corrected chi connectivity index (χ0v) is 23.2. The molecule has 0 spiro atoms. The number of unbranched alkanes of at least 4 members (excludes halogenated alkanes) is 4. The molecule has 36 heavy (non-hydrogen) atoms. The Morgan fingerprint density at radius 3 is 1.28 bits per heavy atom. The van der Waals surface area contributed by atoms with Crippen LogP contribution in [0.3, 0.4) is 0 Å². The van der Waals surface area contributed by atoms with Crippen molar-refractivity contribution in [3.8, 4) is 11.1 Å². The van der Waals surface area contributed by atoms with Gasteiger partial charge in [0, 0.05) is 22.5 Å². The van der Waals surface area contributed by atoms with E-state index in [0.29, 0.717) is 11.8 Å². The summed E-state index contributed by atoms with van der Waals surface area (Å²) in [6.07, 6.45) is 21.9. The van der Waals surface area contributed by atoms with E-state index < -0.39 is 0 Å². The van der Waals surface area contributed by atoms with Crippen LogP contribution in [0.4, 0.5) is 11.4 Å². The molecule has 2 fully saturated rings. The highest BCUT2D eigenvalue weighted by Crippen LogP contribution is 2.42. The summed E-state index contributed by atoms with van der Waals surface area (Å²) >= 11 is 0. The topological polar surface area (TPSA) is 52.0 Å². The second-order valence-electron chi connectivity index (χ2n) is 12.1. The van der Waals surface area contributed by atoms with E-state index in [9.17, 15) is 0 Å². The van der Waals surface area contributed by atoms with E-state index in [1.165, 1.54) is 114 Å². The third-order valence-corrected chi connectivity index (χ3v) is 9.51. The number of anilines is 2. The number of nitrogens with two attached hydrogens (primary N) is 2. The van der Waals surface area contributed by atoms with E-state index in [-0.39, 0.29) is 0 Å². The van der Waals surface area contributed by atoms with Crippen LogP contribution in [0.5, 0.6) is 0 Å². The molecule has 2 nitrogen and oxygen atoms in total. The SMILES string of the molecule is CCCCC[C@H]1CC[C@H](c2ccc(-c3ccc([C@H]4CC[C@H](CCCCC)CC4)cc3N)c(N)c2)CC1. The highest BCUT2D eigenvalue weighted by Gasteiger charge is 2.24. The fourth-order valence-corrected chi connectivity index (χ4v) is 7.10. The summed E-state index contributed by atoms with van der Waals surface area (Å²) in [4.78, 5) is 0. The fourth-order valence-electron chi connectivity index (χ4n) is 7.10. The van der Waals surface area contributed by atoms with E-state index in [0.717, 1.165) is 34.3 Å². The fraction of sp³-hybridized carbons (Fsp3) is 0.647. The van der Waals surface area contributed by atoms with Crippen LogP contribution in [0, 0.1) is 11.8 Å². The highest BCUT2D eigenvalue weighted by molar-refractivity contribution is 5.84. The zero-order chi connectivity index (χ0) is 25.3.